The molecule has 2 saturated heterocycles. The first-order valence-electron chi connectivity index (χ1n) is 8.34. The van der Waals surface area contributed by atoms with Crippen LogP contribution in [0.15, 0.2) is 22.7 Å². The van der Waals surface area contributed by atoms with Crippen molar-refractivity contribution in [3.63, 3.8) is 0 Å². The Morgan fingerprint density at radius 3 is 3.05 bits per heavy atom. The van der Waals surface area contributed by atoms with Crippen LogP contribution >= 0.6 is 0 Å². The highest BCUT2D eigenvalue weighted by Crippen LogP contribution is 2.66. The van der Waals surface area contributed by atoms with Crippen molar-refractivity contribution >= 4 is 5.78 Å². The zero-order valence-corrected chi connectivity index (χ0v) is 12.8. The average molecular weight is 303 g/mol. The number of rotatable bonds is 1. The highest BCUT2D eigenvalue weighted by Gasteiger charge is 2.67. The molecule has 3 fully saturated rings. The first-order valence-corrected chi connectivity index (χ1v) is 8.34. The number of piperidine rings is 1. The monoisotopic (exact) mass is 303 g/mol. The molecule has 1 saturated carbocycles. The van der Waals surface area contributed by atoms with Crippen molar-refractivity contribution in [2.75, 3.05) is 13.6 Å². The molecule has 22 heavy (non-hydrogen) atoms. The van der Waals surface area contributed by atoms with Crippen molar-refractivity contribution < 1.29 is 19.7 Å². The van der Waals surface area contributed by atoms with E-state index in [-0.39, 0.29) is 17.3 Å². The van der Waals surface area contributed by atoms with Crippen LogP contribution in [0.25, 0.3) is 0 Å². The Bertz CT molecular complexity index is 637. The van der Waals surface area contributed by atoms with Gasteiger partial charge in [-0.15, -0.1) is 0 Å². The molecular formula is C17H21NO4. The lowest BCUT2D eigenvalue weighted by atomic mass is 9.51. The summed E-state index contributed by atoms with van der Waals surface area (Å²) >= 11 is 0. The standard InChI is InChI=1S/C17H21NO4/c1-18-7-6-17-10-3-4-12(19)16(17)21-15-13(22-20)5-2-9(14(15)17)8-11(10)18/h10-11,16,20H,2-8H2,1H3/t10-,11+,16-,17-/m0/s1. The van der Waals surface area contributed by atoms with Crippen molar-refractivity contribution in [1.29, 1.82) is 0 Å². The summed E-state index contributed by atoms with van der Waals surface area (Å²) in [6.45, 7) is 1.01. The maximum absolute atomic E-state index is 12.6. The van der Waals surface area contributed by atoms with Crippen LogP contribution in [0, 0.1) is 11.3 Å². The molecule has 1 spiro atoms. The fourth-order valence-electron chi connectivity index (χ4n) is 5.89. The Morgan fingerprint density at radius 1 is 1.36 bits per heavy atom. The topological polar surface area (TPSA) is 59.0 Å². The molecule has 5 nitrogen and oxygen atoms in total. The SMILES string of the molecule is CN1CC[C@]23C4=C5CCC(OO)=C4O[C@H]2C(=O)CC[C@H]3[C@H]1C5. The van der Waals surface area contributed by atoms with Crippen molar-refractivity contribution in [3.8, 4) is 0 Å². The third kappa shape index (κ3) is 1.31. The van der Waals surface area contributed by atoms with Crippen LogP contribution in [-0.4, -0.2) is 41.7 Å². The maximum atomic E-state index is 12.6. The van der Waals surface area contributed by atoms with Gasteiger partial charge in [-0.25, -0.2) is 5.26 Å². The summed E-state index contributed by atoms with van der Waals surface area (Å²) in [7, 11) is 2.21. The predicted molar refractivity (Wildman–Crippen MR) is 77.7 cm³/mol. The number of nitrogens with zero attached hydrogens (tertiary/aromatic N) is 1. The quantitative estimate of drug-likeness (QED) is 0.595. The number of carbonyl (C=O) groups excluding carboxylic acids is 1. The molecule has 2 bridgehead atoms. The van der Waals surface area contributed by atoms with Gasteiger partial charge in [0.2, 0.25) is 0 Å². The van der Waals surface area contributed by atoms with Gasteiger partial charge in [0.25, 0.3) is 0 Å². The molecule has 2 heterocycles. The van der Waals surface area contributed by atoms with Crippen LogP contribution in [0.1, 0.15) is 38.5 Å². The lowest BCUT2D eigenvalue weighted by Gasteiger charge is -2.57. The molecule has 0 radical (unpaired) electrons. The highest BCUT2D eigenvalue weighted by molar-refractivity contribution is 5.87. The molecule has 0 unspecified atom stereocenters. The summed E-state index contributed by atoms with van der Waals surface area (Å²) in [5, 5.41) is 9.22. The van der Waals surface area contributed by atoms with E-state index in [1.54, 1.807) is 0 Å². The molecule has 5 rings (SSSR count). The summed E-state index contributed by atoms with van der Waals surface area (Å²) in [5.74, 6) is 1.93. The number of allylic oxidation sites excluding steroid dienone is 2. The normalized spacial score (nSPS) is 43.2. The van der Waals surface area contributed by atoms with Gasteiger partial charge >= 0.3 is 0 Å². The number of carbonyl (C=O) groups is 1. The molecule has 0 amide bonds. The first kappa shape index (κ1) is 13.1. The van der Waals surface area contributed by atoms with E-state index >= 15 is 0 Å². The van der Waals surface area contributed by atoms with Crippen LogP contribution in [-0.2, 0) is 14.4 Å². The molecular weight excluding hydrogens is 282 g/mol. The average Bonchev–Trinajstić information content (AvgIpc) is 2.88. The third-order valence-corrected chi connectivity index (χ3v) is 6.79. The van der Waals surface area contributed by atoms with E-state index in [2.05, 4.69) is 16.8 Å². The van der Waals surface area contributed by atoms with E-state index in [0.717, 1.165) is 32.2 Å². The lowest BCUT2D eigenvalue weighted by molar-refractivity contribution is -0.209. The summed E-state index contributed by atoms with van der Waals surface area (Å²) in [6.07, 6.45) is 4.86. The number of ether oxygens (including phenoxy) is 1. The molecule has 0 aromatic heterocycles. The molecule has 1 N–H and O–H groups in total. The zero-order valence-electron chi connectivity index (χ0n) is 12.8. The van der Waals surface area contributed by atoms with Crippen molar-refractivity contribution in [2.24, 2.45) is 11.3 Å². The van der Waals surface area contributed by atoms with Gasteiger partial charge in [0.15, 0.2) is 23.4 Å². The molecule has 2 aliphatic heterocycles. The summed E-state index contributed by atoms with van der Waals surface area (Å²) in [4.78, 5) is 19.7. The van der Waals surface area contributed by atoms with E-state index in [1.807, 2.05) is 0 Å². The summed E-state index contributed by atoms with van der Waals surface area (Å²) < 4.78 is 6.15. The number of hydrogen-bond acceptors (Lipinski definition) is 5. The lowest BCUT2D eigenvalue weighted by Crippen LogP contribution is -2.62. The van der Waals surface area contributed by atoms with Crippen molar-refractivity contribution in [1.82, 2.24) is 4.90 Å². The van der Waals surface area contributed by atoms with Crippen LogP contribution in [0.3, 0.4) is 0 Å². The van der Waals surface area contributed by atoms with E-state index in [9.17, 15) is 10.1 Å². The second-order valence-corrected chi connectivity index (χ2v) is 7.47. The van der Waals surface area contributed by atoms with Gasteiger partial charge in [0, 0.05) is 29.9 Å². The minimum Gasteiger partial charge on any atom is -0.478 e. The molecule has 0 aromatic carbocycles. The molecule has 4 atom stereocenters. The minimum absolute atomic E-state index is 0.153. The highest BCUT2D eigenvalue weighted by atomic mass is 17.1. The molecule has 5 aliphatic rings. The van der Waals surface area contributed by atoms with Gasteiger partial charge in [0.1, 0.15) is 0 Å². The molecule has 3 aliphatic carbocycles. The van der Waals surface area contributed by atoms with E-state index in [1.165, 1.54) is 11.1 Å². The number of Topliss-reactive ketones (excluding diaryl/α,β-unsaturated/α-hetero) is 1. The van der Waals surface area contributed by atoms with Crippen molar-refractivity contribution in [2.45, 2.75) is 50.7 Å². The van der Waals surface area contributed by atoms with Crippen LogP contribution in [0.2, 0.25) is 0 Å². The van der Waals surface area contributed by atoms with E-state index in [4.69, 9.17) is 4.74 Å². The van der Waals surface area contributed by atoms with Gasteiger partial charge < -0.3 is 14.5 Å². The van der Waals surface area contributed by atoms with Gasteiger partial charge in [-0.3, -0.25) is 4.79 Å². The van der Waals surface area contributed by atoms with Crippen LogP contribution in [0.4, 0.5) is 0 Å². The second-order valence-electron chi connectivity index (χ2n) is 7.47. The van der Waals surface area contributed by atoms with Gasteiger partial charge in [-0.1, -0.05) is 5.57 Å². The summed E-state index contributed by atoms with van der Waals surface area (Å²) in [5.41, 5.74) is 2.51. The minimum atomic E-state index is -0.356. The predicted octanol–water partition coefficient (Wildman–Crippen LogP) is 2.25. The largest absolute Gasteiger partial charge is 0.478 e. The number of likely N-dealkylation sites (tertiary alicyclic amines) is 1. The second kappa shape index (κ2) is 4.15. The Labute approximate surface area is 129 Å². The zero-order chi connectivity index (χ0) is 15.1. The smallest absolute Gasteiger partial charge is 0.184 e. The van der Waals surface area contributed by atoms with E-state index < -0.39 is 0 Å². The van der Waals surface area contributed by atoms with Gasteiger partial charge in [0.05, 0.1) is 0 Å². The van der Waals surface area contributed by atoms with Gasteiger partial charge in [-0.2, -0.15) is 0 Å². The molecule has 0 aromatic rings. The van der Waals surface area contributed by atoms with Gasteiger partial charge in [-0.05, 0) is 45.2 Å². The number of ketones is 1. The fourth-order valence-corrected chi connectivity index (χ4v) is 5.89. The summed E-state index contributed by atoms with van der Waals surface area (Å²) in [6, 6.07) is 0.530. The molecule has 118 valence electrons. The van der Waals surface area contributed by atoms with Crippen LogP contribution in [0.5, 0.6) is 0 Å². The van der Waals surface area contributed by atoms with Crippen molar-refractivity contribution in [3.05, 3.63) is 22.7 Å². The van der Waals surface area contributed by atoms with Crippen LogP contribution < -0.4 is 0 Å². The number of hydrogen-bond donors (Lipinski definition) is 1. The van der Waals surface area contributed by atoms with E-state index in [0.29, 0.717) is 36.3 Å². The third-order valence-electron chi connectivity index (χ3n) is 6.79. The fraction of sp³-hybridized carbons (Fsp3) is 0.706. The maximum Gasteiger partial charge on any atom is 0.184 e. The molecule has 5 heteroatoms. The Kier molecular flexibility index (Phi) is 2.48. The Morgan fingerprint density at radius 2 is 2.23 bits per heavy atom. The Balaban J connectivity index is 1.78. The first-order chi connectivity index (χ1) is 10.7. The Hall–Kier alpha value is -1.33.